The van der Waals surface area contributed by atoms with Crippen molar-refractivity contribution in [2.45, 2.75) is 81.9 Å². The highest BCUT2D eigenvalue weighted by Gasteiger charge is 2.54. The third kappa shape index (κ3) is 8.24. The van der Waals surface area contributed by atoms with Gasteiger partial charge in [0.05, 0.1) is 31.0 Å². The van der Waals surface area contributed by atoms with E-state index in [9.17, 15) is 4.79 Å². The van der Waals surface area contributed by atoms with Crippen LogP contribution in [-0.4, -0.2) is 95.5 Å². The zero-order valence-electron chi connectivity index (χ0n) is 32.8. The molecule has 1 amide bonds. The molecular weight excluding hydrogens is 774 g/mol. The second-order valence-corrected chi connectivity index (χ2v) is 20.5. The van der Waals surface area contributed by atoms with Crippen LogP contribution in [-0.2, 0) is 23.3 Å². The molecule has 0 bridgehead atoms. The lowest BCUT2D eigenvalue weighted by atomic mass is 10.1. The average Bonchev–Trinajstić information content (AvgIpc) is 4.05. The molecule has 3 aromatic carbocycles. The smallest absolute Gasteiger partial charge is 0.264 e. The fourth-order valence-corrected chi connectivity index (χ4v) is 14.3. The average molecular weight is 822 g/mol. The fourth-order valence-electron chi connectivity index (χ4n) is 8.28. The minimum Gasteiger partial charge on any atom is -0.484 e. The van der Waals surface area contributed by atoms with Gasteiger partial charge in [-0.2, -0.15) is 15.2 Å². The molecule has 3 aliphatic heterocycles. The molecule has 1 unspecified atom stereocenters. The Bertz CT molecular complexity index is 2160. The van der Waals surface area contributed by atoms with E-state index in [2.05, 4.69) is 100 Å². The molecule has 14 nitrogen and oxygen atoms in total. The van der Waals surface area contributed by atoms with Gasteiger partial charge in [0, 0.05) is 19.7 Å². The number of anilines is 1. The molecule has 0 aliphatic carbocycles. The molecule has 0 radical (unpaired) electrons. The number of amides is 1. The molecule has 7 atom stereocenters. The topological polar surface area (TPSA) is 155 Å². The summed E-state index contributed by atoms with van der Waals surface area (Å²) in [5.74, 6) is 0.209. The van der Waals surface area contributed by atoms with E-state index in [0.29, 0.717) is 23.3 Å². The van der Waals surface area contributed by atoms with Gasteiger partial charge in [-0.25, -0.2) is 9.65 Å². The maximum Gasteiger partial charge on any atom is 0.264 e. The molecule has 1 N–H and O–H groups in total. The molecule has 0 spiro atoms. The number of nitrogens with zero attached hydrogens (tertiary/aromatic N) is 6. The Morgan fingerprint density at radius 2 is 1.69 bits per heavy atom. The Morgan fingerprint density at radius 1 is 0.983 bits per heavy atom. The van der Waals surface area contributed by atoms with Crippen molar-refractivity contribution in [1.29, 1.82) is 5.26 Å². The van der Waals surface area contributed by atoms with Gasteiger partial charge in [0.1, 0.15) is 32.6 Å². The fraction of sp³-hybridized carbons (Fsp3) is 0.405. The standard InChI is InChI=1S/C42H48N7O7PSi/c1-4-33-37(56-57-49-24-14-22-32(49)34(55-57)27-58(3,30-18-10-6-11-19-30)31-20-12-7-13-21-31)38(51-2)41(54-33)48-28-44-36-39(48)46-42(47-40(36)52-25-15-23-43)45-35(50)26-53-29-16-8-5-9-17-29/h5-13,16-21,28,32-34,37-38,41H,4,14-15,22,24-27H2,1-3H3,(H,45,46,47,50)/t32-,33-,34+,37+,38?,41-,57+/m1/s1. The van der Waals surface area contributed by atoms with Crippen LogP contribution in [0.5, 0.6) is 11.6 Å². The van der Waals surface area contributed by atoms with Crippen LogP contribution in [0.2, 0.25) is 12.6 Å². The number of nitriles is 1. The summed E-state index contributed by atoms with van der Waals surface area (Å²) in [5.41, 5.74) is 0.708. The van der Waals surface area contributed by atoms with Crippen molar-refractivity contribution in [3.05, 3.63) is 97.3 Å². The van der Waals surface area contributed by atoms with Crippen molar-refractivity contribution >= 4 is 50.0 Å². The van der Waals surface area contributed by atoms with Crippen molar-refractivity contribution in [3.63, 3.8) is 0 Å². The second-order valence-electron chi connectivity index (χ2n) is 14.8. The second kappa shape index (κ2) is 18.0. The summed E-state index contributed by atoms with van der Waals surface area (Å²) < 4.78 is 42.8. The van der Waals surface area contributed by atoms with Crippen molar-refractivity contribution in [1.82, 2.24) is 24.2 Å². The minimum absolute atomic E-state index is 0.00911. The lowest BCUT2D eigenvalue weighted by molar-refractivity contribution is -0.118. The number of carbonyl (C=O) groups excluding carboxylic acids is 1. The van der Waals surface area contributed by atoms with E-state index < -0.39 is 40.9 Å². The number of benzene rings is 3. The van der Waals surface area contributed by atoms with Gasteiger partial charge in [0.2, 0.25) is 11.8 Å². The van der Waals surface area contributed by atoms with E-state index >= 15 is 0 Å². The Balaban J connectivity index is 1.04. The zero-order chi connectivity index (χ0) is 40.1. The molecule has 302 valence electrons. The molecule has 16 heteroatoms. The maximum absolute atomic E-state index is 13.0. The summed E-state index contributed by atoms with van der Waals surface area (Å²) in [7, 11) is -1.95. The van der Waals surface area contributed by atoms with Gasteiger partial charge in [-0.15, -0.1) is 0 Å². The first-order valence-corrected chi connectivity index (χ1v) is 23.7. The van der Waals surface area contributed by atoms with Crippen molar-refractivity contribution < 1.29 is 32.8 Å². The Labute approximate surface area is 340 Å². The molecule has 3 aliphatic rings. The first kappa shape index (κ1) is 40.0. The highest BCUT2D eigenvalue weighted by Crippen LogP contribution is 2.59. The monoisotopic (exact) mass is 821 g/mol. The summed E-state index contributed by atoms with van der Waals surface area (Å²) in [6.45, 7) is 5.26. The first-order valence-electron chi connectivity index (χ1n) is 19.8. The Hall–Kier alpha value is -4.78. The third-order valence-electron chi connectivity index (χ3n) is 11.2. The number of nitrogens with one attached hydrogen (secondary N) is 1. The third-order valence-corrected chi connectivity index (χ3v) is 17.4. The molecule has 3 saturated heterocycles. The molecule has 5 heterocycles. The zero-order valence-corrected chi connectivity index (χ0v) is 34.7. The normalized spacial score (nSPS) is 24.4. The van der Waals surface area contributed by atoms with E-state index in [0.717, 1.165) is 25.4 Å². The molecule has 0 saturated carbocycles. The number of imidazole rings is 1. The number of hydrogen-bond donors (Lipinski definition) is 1. The molecule has 2 aromatic heterocycles. The summed E-state index contributed by atoms with van der Waals surface area (Å²) in [6, 6.07) is 34.1. The molecule has 58 heavy (non-hydrogen) atoms. The van der Waals surface area contributed by atoms with Crippen LogP contribution in [0.15, 0.2) is 97.3 Å². The van der Waals surface area contributed by atoms with E-state index in [1.807, 2.05) is 18.2 Å². The van der Waals surface area contributed by atoms with E-state index in [4.69, 9.17) is 38.2 Å². The van der Waals surface area contributed by atoms with Gasteiger partial charge < -0.3 is 28.0 Å². The minimum atomic E-state index is -2.19. The van der Waals surface area contributed by atoms with Gasteiger partial charge in [0.15, 0.2) is 24.0 Å². The van der Waals surface area contributed by atoms with Gasteiger partial charge in [-0.1, -0.05) is 103 Å². The van der Waals surface area contributed by atoms with Crippen LogP contribution in [0.1, 0.15) is 38.8 Å². The number of fused-ring (bicyclic) bond motifs is 2. The maximum atomic E-state index is 13.0. The van der Waals surface area contributed by atoms with Crippen LogP contribution in [0, 0.1) is 11.3 Å². The number of ether oxygens (including phenoxy) is 4. The van der Waals surface area contributed by atoms with E-state index in [-0.39, 0.29) is 49.7 Å². The van der Waals surface area contributed by atoms with E-state index in [1.165, 1.54) is 10.4 Å². The van der Waals surface area contributed by atoms with Gasteiger partial charge in [0.25, 0.3) is 14.4 Å². The van der Waals surface area contributed by atoms with Crippen molar-refractivity contribution in [3.8, 4) is 17.7 Å². The van der Waals surface area contributed by atoms with Gasteiger partial charge in [-0.3, -0.25) is 14.7 Å². The number of methoxy groups -OCH3 is 1. The van der Waals surface area contributed by atoms with Crippen molar-refractivity contribution in [2.75, 3.05) is 32.2 Å². The van der Waals surface area contributed by atoms with Crippen LogP contribution < -0.4 is 25.2 Å². The molecule has 8 rings (SSSR count). The number of carbonyl (C=O) groups is 1. The quantitative estimate of drug-likeness (QED) is 0.0724. The predicted octanol–water partition coefficient (Wildman–Crippen LogP) is 5.83. The Morgan fingerprint density at radius 3 is 2.36 bits per heavy atom. The summed E-state index contributed by atoms with van der Waals surface area (Å²) >= 11 is 0. The summed E-state index contributed by atoms with van der Waals surface area (Å²) in [4.78, 5) is 26.8. The van der Waals surface area contributed by atoms with E-state index in [1.54, 1.807) is 30.1 Å². The molecule has 5 aromatic rings. The highest BCUT2D eigenvalue weighted by molar-refractivity contribution is 7.45. The summed E-state index contributed by atoms with van der Waals surface area (Å²) in [6.07, 6.45) is 2.55. The summed E-state index contributed by atoms with van der Waals surface area (Å²) in [5, 5.41) is 14.7. The molecular formula is C42H48N7O7PSi. The number of para-hydroxylation sites is 1. The number of hydrogen-bond acceptors (Lipinski definition) is 12. The number of rotatable bonds is 16. The lowest BCUT2D eigenvalue weighted by Gasteiger charge is -2.32. The van der Waals surface area contributed by atoms with Crippen molar-refractivity contribution in [2.24, 2.45) is 0 Å². The van der Waals surface area contributed by atoms with Gasteiger partial charge >= 0.3 is 0 Å². The van der Waals surface area contributed by atoms with Gasteiger partial charge in [-0.05, 0) is 37.4 Å². The number of aromatic nitrogens is 4. The lowest BCUT2D eigenvalue weighted by Crippen LogP contribution is -2.58. The van der Waals surface area contributed by atoms with Crippen LogP contribution in [0.25, 0.3) is 11.2 Å². The predicted molar refractivity (Wildman–Crippen MR) is 222 cm³/mol. The first-order chi connectivity index (χ1) is 28.4. The van der Waals surface area contributed by atoms with Crippen LogP contribution >= 0.6 is 8.53 Å². The molecule has 3 fully saturated rings. The Kier molecular flexibility index (Phi) is 12.4. The van der Waals surface area contributed by atoms with Crippen LogP contribution in [0.3, 0.4) is 0 Å². The van der Waals surface area contributed by atoms with Crippen LogP contribution in [0.4, 0.5) is 5.95 Å². The largest absolute Gasteiger partial charge is 0.484 e. The highest BCUT2D eigenvalue weighted by atomic mass is 31.2. The SMILES string of the molecule is CC[C@H]1O[C@@H](n2cnc3c(OCCC#N)nc(NC(=O)COc4ccccc4)nc32)C(OC)[C@H]1O[P@]1O[C@@H](C[Si](C)(c2ccccc2)c2ccccc2)[C@H]2CCCN21.